The lowest BCUT2D eigenvalue weighted by Gasteiger charge is -2.22. The Balaban J connectivity index is 2.16. The standard InChI is InChI=1S/C16H17N/c1-12-7-10-16-14(11-12)9-8-13-5-3-4-6-15(13)17(16)2/h3-7,10-11H,8-9H2,1-2H3. The zero-order valence-electron chi connectivity index (χ0n) is 10.4. The number of fused-ring (bicyclic) bond motifs is 2. The molecular formula is C16H17N. The van der Waals surface area contributed by atoms with Gasteiger partial charge in [0.1, 0.15) is 0 Å². The van der Waals surface area contributed by atoms with Gasteiger partial charge in [-0.1, -0.05) is 35.9 Å². The number of benzene rings is 2. The molecule has 0 aliphatic carbocycles. The van der Waals surface area contributed by atoms with E-state index in [9.17, 15) is 0 Å². The first-order valence-electron chi connectivity index (χ1n) is 6.17. The molecule has 3 rings (SSSR count). The molecule has 0 unspecified atom stereocenters. The summed E-state index contributed by atoms with van der Waals surface area (Å²) in [6, 6.07) is 15.5. The monoisotopic (exact) mass is 223 g/mol. The Bertz CT molecular complexity index is 557. The van der Waals surface area contributed by atoms with Crippen LogP contribution < -0.4 is 4.90 Å². The van der Waals surface area contributed by atoms with Gasteiger partial charge in [-0.25, -0.2) is 0 Å². The maximum atomic E-state index is 2.32. The Morgan fingerprint density at radius 3 is 2.47 bits per heavy atom. The van der Waals surface area contributed by atoms with Crippen molar-refractivity contribution < 1.29 is 0 Å². The molecule has 0 spiro atoms. The maximum Gasteiger partial charge on any atom is 0.0441 e. The first-order valence-corrected chi connectivity index (χ1v) is 6.17. The summed E-state index contributed by atoms with van der Waals surface area (Å²) in [6.45, 7) is 2.16. The van der Waals surface area contributed by atoms with E-state index in [1.165, 1.54) is 28.1 Å². The fourth-order valence-corrected chi connectivity index (χ4v) is 2.69. The second kappa shape index (κ2) is 3.92. The fraction of sp³-hybridized carbons (Fsp3) is 0.250. The molecule has 0 saturated carbocycles. The number of anilines is 2. The minimum Gasteiger partial charge on any atom is -0.344 e. The molecule has 1 aliphatic rings. The fourth-order valence-electron chi connectivity index (χ4n) is 2.69. The van der Waals surface area contributed by atoms with Gasteiger partial charge >= 0.3 is 0 Å². The molecule has 0 bridgehead atoms. The molecule has 86 valence electrons. The molecule has 0 radical (unpaired) electrons. The Labute approximate surface area is 103 Å². The van der Waals surface area contributed by atoms with E-state index < -0.39 is 0 Å². The quantitative estimate of drug-likeness (QED) is 0.655. The number of rotatable bonds is 0. The summed E-state index contributed by atoms with van der Waals surface area (Å²) in [5.41, 5.74) is 6.95. The van der Waals surface area contributed by atoms with Crippen LogP contribution in [0.25, 0.3) is 0 Å². The van der Waals surface area contributed by atoms with Crippen molar-refractivity contribution in [3.63, 3.8) is 0 Å². The minimum atomic E-state index is 1.14. The molecular weight excluding hydrogens is 206 g/mol. The van der Waals surface area contributed by atoms with Crippen LogP contribution in [0.4, 0.5) is 11.4 Å². The number of para-hydroxylation sites is 1. The molecule has 2 aromatic rings. The average molecular weight is 223 g/mol. The van der Waals surface area contributed by atoms with E-state index in [4.69, 9.17) is 0 Å². The third-order valence-electron chi connectivity index (χ3n) is 3.61. The summed E-state index contributed by atoms with van der Waals surface area (Å²) in [6.07, 6.45) is 2.27. The van der Waals surface area contributed by atoms with Gasteiger partial charge < -0.3 is 4.90 Å². The van der Waals surface area contributed by atoms with Crippen molar-refractivity contribution in [1.82, 2.24) is 0 Å². The van der Waals surface area contributed by atoms with Crippen LogP contribution >= 0.6 is 0 Å². The van der Waals surface area contributed by atoms with Gasteiger partial charge in [0.25, 0.3) is 0 Å². The maximum absolute atomic E-state index is 2.32. The van der Waals surface area contributed by atoms with Gasteiger partial charge in [0.15, 0.2) is 0 Å². The topological polar surface area (TPSA) is 3.24 Å². The summed E-state index contributed by atoms with van der Waals surface area (Å²) < 4.78 is 0. The smallest absolute Gasteiger partial charge is 0.0441 e. The molecule has 0 atom stereocenters. The first-order chi connectivity index (χ1) is 8.25. The van der Waals surface area contributed by atoms with Gasteiger partial charge in [0, 0.05) is 18.4 Å². The lowest BCUT2D eigenvalue weighted by Crippen LogP contribution is -2.11. The highest BCUT2D eigenvalue weighted by atomic mass is 15.1. The lowest BCUT2D eigenvalue weighted by molar-refractivity contribution is 0.975. The molecule has 1 aliphatic heterocycles. The van der Waals surface area contributed by atoms with Crippen molar-refractivity contribution in [2.75, 3.05) is 11.9 Å². The molecule has 0 aromatic heterocycles. The van der Waals surface area contributed by atoms with Crippen molar-refractivity contribution in [1.29, 1.82) is 0 Å². The first kappa shape index (κ1) is 10.4. The van der Waals surface area contributed by atoms with Crippen LogP contribution in [0.5, 0.6) is 0 Å². The van der Waals surface area contributed by atoms with Crippen LogP contribution in [0.15, 0.2) is 42.5 Å². The Morgan fingerprint density at radius 2 is 1.59 bits per heavy atom. The molecule has 0 N–H and O–H groups in total. The molecule has 1 heterocycles. The predicted octanol–water partition coefficient (Wildman–Crippen LogP) is 3.86. The van der Waals surface area contributed by atoms with E-state index in [0.29, 0.717) is 0 Å². The van der Waals surface area contributed by atoms with E-state index in [-0.39, 0.29) is 0 Å². The Morgan fingerprint density at radius 1 is 0.882 bits per heavy atom. The van der Waals surface area contributed by atoms with Crippen LogP contribution in [0.2, 0.25) is 0 Å². The SMILES string of the molecule is Cc1ccc2c(c1)CCc1ccccc1N2C. The van der Waals surface area contributed by atoms with E-state index in [1.54, 1.807) is 0 Å². The highest BCUT2D eigenvalue weighted by Crippen LogP contribution is 2.34. The van der Waals surface area contributed by atoms with Crippen LogP contribution in [-0.4, -0.2) is 7.05 Å². The van der Waals surface area contributed by atoms with Crippen molar-refractivity contribution in [2.24, 2.45) is 0 Å². The molecule has 1 nitrogen and oxygen atoms in total. The van der Waals surface area contributed by atoms with Gasteiger partial charge in [-0.05, 0) is 43.0 Å². The number of hydrogen-bond acceptors (Lipinski definition) is 1. The van der Waals surface area contributed by atoms with Crippen LogP contribution in [0.1, 0.15) is 16.7 Å². The number of hydrogen-bond donors (Lipinski definition) is 0. The van der Waals surface area contributed by atoms with E-state index >= 15 is 0 Å². The van der Waals surface area contributed by atoms with Crippen molar-refractivity contribution in [2.45, 2.75) is 19.8 Å². The van der Waals surface area contributed by atoms with Gasteiger partial charge in [-0.3, -0.25) is 0 Å². The lowest BCUT2D eigenvalue weighted by atomic mass is 10.0. The van der Waals surface area contributed by atoms with Crippen molar-refractivity contribution in [3.8, 4) is 0 Å². The summed E-state index contributed by atoms with van der Waals surface area (Å²) in [7, 11) is 2.16. The van der Waals surface area contributed by atoms with E-state index in [2.05, 4.69) is 61.3 Å². The summed E-state index contributed by atoms with van der Waals surface area (Å²) in [4.78, 5) is 2.32. The van der Waals surface area contributed by atoms with Gasteiger partial charge in [-0.15, -0.1) is 0 Å². The van der Waals surface area contributed by atoms with Crippen molar-refractivity contribution >= 4 is 11.4 Å². The highest BCUT2D eigenvalue weighted by molar-refractivity contribution is 5.70. The van der Waals surface area contributed by atoms with Gasteiger partial charge in [0.05, 0.1) is 0 Å². The Hall–Kier alpha value is -1.76. The third kappa shape index (κ3) is 1.72. The molecule has 0 amide bonds. The van der Waals surface area contributed by atoms with Crippen LogP contribution in [0.3, 0.4) is 0 Å². The van der Waals surface area contributed by atoms with Crippen LogP contribution in [0, 0.1) is 6.92 Å². The number of nitrogens with zero attached hydrogens (tertiary/aromatic N) is 1. The summed E-state index contributed by atoms with van der Waals surface area (Å²) in [5.74, 6) is 0. The Kier molecular flexibility index (Phi) is 2.40. The minimum absolute atomic E-state index is 1.14. The molecule has 17 heavy (non-hydrogen) atoms. The van der Waals surface area contributed by atoms with Crippen molar-refractivity contribution in [3.05, 3.63) is 59.2 Å². The molecule has 0 fully saturated rings. The van der Waals surface area contributed by atoms with E-state index in [0.717, 1.165) is 12.8 Å². The molecule has 2 aromatic carbocycles. The summed E-state index contributed by atoms with van der Waals surface area (Å²) >= 11 is 0. The second-order valence-electron chi connectivity index (χ2n) is 4.82. The average Bonchev–Trinajstić information content (AvgIpc) is 2.48. The largest absolute Gasteiger partial charge is 0.344 e. The zero-order valence-corrected chi connectivity index (χ0v) is 10.4. The second-order valence-corrected chi connectivity index (χ2v) is 4.82. The number of aryl methyl sites for hydroxylation is 3. The van der Waals surface area contributed by atoms with E-state index in [1.807, 2.05) is 0 Å². The summed E-state index contributed by atoms with van der Waals surface area (Å²) in [5, 5.41) is 0. The zero-order chi connectivity index (χ0) is 11.8. The highest BCUT2D eigenvalue weighted by Gasteiger charge is 2.16. The molecule has 1 heteroatoms. The van der Waals surface area contributed by atoms with Gasteiger partial charge in [0.2, 0.25) is 0 Å². The van der Waals surface area contributed by atoms with Gasteiger partial charge in [-0.2, -0.15) is 0 Å². The third-order valence-corrected chi connectivity index (χ3v) is 3.61. The van der Waals surface area contributed by atoms with Crippen LogP contribution in [-0.2, 0) is 12.8 Å². The molecule has 0 saturated heterocycles. The predicted molar refractivity (Wildman–Crippen MR) is 73.1 cm³/mol. The normalized spacial score (nSPS) is 13.9.